The highest BCUT2D eigenvalue weighted by molar-refractivity contribution is 5.45. The molecule has 0 radical (unpaired) electrons. The maximum Gasteiger partial charge on any atom is 0.125 e. The summed E-state index contributed by atoms with van der Waals surface area (Å²) in [5.41, 5.74) is 8.68. The molecule has 3 nitrogen and oxygen atoms in total. The molecule has 84 valence electrons. The van der Waals surface area contributed by atoms with Crippen molar-refractivity contribution in [1.82, 2.24) is 9.78 Å². The largest absolute Gasteiger partial charge is 0.384 e. The molecule has 2 rings (SSSR count). The van der Waals surface area contributed by atoms with Crippen molar-refractivity contribution < 1.29 is 0 Å². The van der Waals surface area contributed by atoms with E-state index >= 15 is 0 Å². The van der Waals surface area contributed by atoms with Crippen LogP contribution in [0, 0.1) is 5.92 Å². The Morgan fingerprint density at radius 2 is 2.27 bits per heavy atom. The summed E-state index contributed by atoms with van der Waals surface area (Å²) in [7, 11) is 0. The molecule has 1 unspecified atom stereocenters. The lowest BCUT2D eigenvalue weighted by Crippen LogP contribution is -2.14. The van der Waals surface area contributed by atoms with Crippen LogP contribution in [0.15, 0.2) is 0 Å². The van der Waals surface area contributed by atoms with Crippen molar-refractivity contribution in [2.75, 3.05) is 5.73 Å². The van der Waals surface area contributed by atoms with Crippen LogP contribution in [0.2, 0.25) is 0 Å². The van der Waals surface area contributed by atoms with Gasteiger partial charge in [-0.15, -0.1) is 0 Å². The van der Waals surface area contributed by atoms with Crippen molar-refractivity contribution in [1.29, 1.82) is 0 Å². The average Bonchev–Trinajstić information content (AvgIpc) is 2.56. The van der Waals surface area contributed by atoms with Crippen molar-refractivity contribution >= 4 is 5.82 Å². The van der Waals surface area contributed by atoms with Gasteiger partial charge in [-0.05, 0) is 32.1 Å². The summed E-state index contributed by atoms with van der Waals surface area (Å²) < 4.78 is 1.94. The molecular weight excluding hydrogens is 186 g/mol. The van der Waals surface area contributed by atoms with Gasteiger partial charge in [0.15, 0.2) is 0 Å². The number of fused-ring (bicyclic) bond motifs is 1. The first-order chi connectivity index (χ1) is 7.26. The summed E-state index contributed by atoms with van der Waals surface area (Å²) in [6.07, 6.45) is 6.17. The van der Waals surface area contributed by atoms with Crippen LogP contribution >= 0.6 is 0 Å². The van der Waals surface area contributed by atoms with E-state index in [2.05, 4.69) is 18.9 Å². The zero-order chi connectivity index (χ0) is 10.8. The summed E-state index contributed by atoms with van der Waals surface area (Å²) in [5.74, 6) is 1.74. The lowest BCUT2D eigenvalue weighted by Gasteiger charge is -2.20. The number of nitrogen functional groups attached to an aromatic ring is 1. The van der Waals surface area contributed by atoms with E-state index in [1.165, 1.54) is 30.5 Å². The van der Waals surface area contributed by atoms with E-state index in [0.29, 0.717) is 0 Å². The van der Waals surface area contributed by atoms with Gasteiger partial charge < -0.3 is 5.73 Å². The lowest BCUT2D eigenvalue weighted by atomic mass is 9.85. The van der Waals surface area contributed by atoms with Gasteiger partial charge in [-0.1, -0.05) is 19.8 Å². The molecular formula is C12H21N3. The van der Waals surface area contributed by atoms with Crippen LogP contribution in [0.25, 0.3) is 0 Å². The first-order valence-electron chi connectivity index (χ1n) is 6.10. The Hall–Kier alpha value is -0.990. The molecule has 1 aliphatic carbocycles. The standard InChI is InChI=1S/C12H21N3/c1-3-5-9-6-7-11-10(8-9)12(13)15(4-2)14-11/h9H,3-8,13H2,1-2H3. The first kappa shape index (κ1) is 10.5. The minimum Gasteiger partial charge on any atom is -0.384 e. The predicted molar refractivity (Wildman–Crippen MR) is 62.7 cm³/mol. The molecule has 0 amide bonds. The van der Waals surface area contributed by atoms with Gasteiger partial charge in [-0.2, -0.15) is 5.10 Å². The van der Waals surface area contributed by atoms with Gasteiger partial charge in [-0.25, -0.2) is 4.68 Å². The molecule has 2 N–H and O–H groups in total. The van der Waals surface area contributed by atoms with E-state index in [9.17, 15) is 0 Å². The highest BCUT2D eigenvalue weighted by Gasteiger charge is 2.23. The van der Waals surface area contributed by atoms with E-state index in [1.807, 2.05) is 4.68 Å². The molecule has 0 aliphatic heterocycles. The minimum atomic E-state index is 0.833. The zero-order valence-electron chi connectivity index (χ0n) is 9.79. The zero-order valence-corrected chi connectivity index (χ0v) is 9.79. The van der Waals surface area contributed by atoms with Crippen molar-refractivity contribution in [2.24, 2.45) is 5.92 Å². The molecule has 1 aliphatic rings. The van der Waals surface area contributed by atoms with Crippen molar-refractivity contribution in [3.05, 3.63) is 11.3 Å². The van der Waals surface area contributed by atoms with Crippen molar-refractivity contribution in [3.63, 3.8) is 0 Å². The molecule has 0 fully saturated rings. The monoisotopic (exact) mass is 207 g/mol. The Kier molecular flexibility index (Phi) is 2.98. The third kappa shape index (κ3) is 1.87. The fourth-order valence-corrected chi connectivity index (χ4v) is 2.61. The molecule has 1 aromatic heterocycles. The van der Waals surface area contributed by atoms with Gasteiger partial charge >= 0.3 is 0 Å². The van der Waals surface area contributed by atoms with E-state index in [4.69, 9.17) is 5.73 Å². The normalized spacial score (nSPS) is 20.3. The van der Waals surface area contributed by atoms with E-state index in [-0.39, 0.29) is 0 Å². The van der Waals surface area contributed by atoms with E-state index < -0.39 is 0 Å². The van der Waals surface area contributed by atoms with Gasteiger partial charge in [0.05, 0.1) is 5.69 Å². The fourth-order valence-electron chi connectivity index (χ4n) is 2.61. The van der Waals surface area contributed by atoms with Crippen LogP contribution in [0.5, 0.6) is 0 Å². The van der Waals surface area contributed by atoms with Crippen LogP contribution in [0.3, 0.4) is 0 Å². The first-order valence-corrected chi connectivity index (χ1v) is 6.10. The van der Waals surface area contributed by atoms with E-state index in [0.717, 1.165) is 31.1 Å². The quantitative estimate of drug-likeness (QED) is 0.827. The Labute approximate surface area is 91.7 Å². The molecule has 3 heteroatoms. The highest BCUT2D eigenvalue weighted by atomic mass is 15.3. The Bertz CT molecular complexity index is 341. The van der Waals surface area contributed by atoms with Crippen LogP contribution in [0.4, 0.5) is 5.82 Å². The summed E-state index contributed by atoms with van der Waals surface area (Å²) in [5, 5.41) is 4.56. The van der Waals surface area contributed by atoms with Crippen LogP contribution < -0.4 is 5.73 Å². The SMILES string of the molecule is CCCC1CCc2nn(CC)c(N)c2C1. The molecule has 0 bridgehead atoms. The second kappa shape index (κ2) is 4.25. The minimum absolute atomic E-state index is 0.833. The third-order valence-corrected chi connectivity index (χ3v) is 3.46. The molecule has 15 heavy (non-hydrogen) atoms. The molecule has 1 aromatic rings. The van der Waals surface area contributed by atoms with Crippen LogP contribution in [0.1, 0.15) is 44.4 Å². The predicted octanol–water partition coefficient (Wildman–Crippen LogP) is 2.39. The number of rotatable bonds is 3. The topological polar surface area (TPSA) is 43.8 Å². The number of nitrogens with two attached hydrogens (primary N) is 1. The number of aryl methyl sites for hydroxylation is 2. The van der Waals surface area contributed by atoms with Crippen molar-refractivity contribution in [2.45, 2.75) is 52.5 Å². The molecule has 1 atom stereocenters. The number of aromatic nitrogens is 2. The average molecular weight is 207 g/mol. The van der Waals surface area contributed by atoms with E-state index in [1.54, 1.807) is 0 Å². The maximum absolute atomic E-state index is 6.09. The van der Waals surface area contributed by atoms with Gasteiger partial charge in [0.2, 0.25) is 0 Å². The van der Waals surface area contributed by atoms with Crippen LogP contribution in [-0.2, 0) is 19.4 Å². The summed E-state index contributed by atoms with van der Waals surface area (Å²) in [4.78, 5) is 0. The molecule has 0 saturated heterocycles. The summed E-state index contributed by atoms with van der Waals surface area (Å²) in [6.45, 7) is 5.24. The summed E-state index contributed by atoms with van der Waals surface area (Å²) >= 11 is 0. The number of hydrogen-bond acceptors (Lipinski definition) is 2. The fraction of sp³-hybridized carbons (Fsp3) is 0.750. The van der Waals surface area contributed by atoms with Gasteiger partial charge in [0.1, 0.15) is 5.82 Å². The lowest BCUT2D eigenvalue weighted by molar-refractivity contribution is 0.421. The number of anilines is 1. The Balaban J connectivity index is 2.21. The van der Waals surface area contributed by atoms with Gasteiger partial charge in [0, 0.05) is 12.1 Å². The number of hydrogen-bond donors (Lipinski definition) is 1. The second-order valence-corrected chi connectivity index (χ2v) is 4.52. The Morgan fingerprint density at radius 3 is 2.93 bits per heavy atom. The molecule has 0 saturated carbocycles. The summed E-state index contributed by atoms with van der Waals surface area (Å²) in [6, 6.07) is 0. The second-order valence-electron chi connectivity index (χ2n) is 4.52. The third-order valence-electron chi connectivity index (χ3n) is 3.46. The van der Waals surface area contributed by atoms with Gasteiger partial charge in [0.25, 0.3) is 0 Å². The smallest absolute Gasteiger partial charge is 0.125 e. The van der Waals surface area contributed by atoms with Gasteiger partial charge in [-0.3, -0.25) is 0 Å². The highest BCUT2D eigenvalue weighted by Crippen LogP contribution is 2.31. The number of nitrogens with zero attached hydrogens (tertiary/aromatic N) is 2. The Morgan fingerprint density at radius 1 is 1.47 bits per heavy atom. The molecule has 0 aromatic carbocycles. The molecule has 1 heterocycles. The van der Waals surface area contributed by atoms with Crippen LogP contribution in [-0.4, -0.2) is 9.78 Å². The maximum atomic E-state index is 6.09. The van der Waals surface area contributed by atoms with Crippen molar-refractivity contribution in [3.8, 4) is 0 Å². The molecule has 0 spiro atoms.